The Balaban J connectivity index is 1.07. The van der Waals surface area contributed by atoms with Crippen molar-refractivity contribution >= 4 is 75.9 Å². The topological polar surface area (TPSA) is 9.86 Å². The Morgan fingerprint density at radius 3 is 0.919 bits per heavy atom. The van der Waals surface area contributed by atoms with Gasteiger partial charge in [-0.1, -0.05) is 158 Å². The molecule has 288 valence electrons. The Labute approximate surface area is 358 Å². The summed E-state index contributed by atoms with van der Waals surface area (Å²) in [5.41, 5.74) is 14.2. The zero-order chi connectivity index (χ0) is 40.7. The van der Waals surface area contributed by atoms with Gasteiger partial charge in [-0.25, -0.2) is 0 Å². The van der Waals surface area contributed by atoms with Crippen molar-refractivity contribution < 1.29 is 0 Å². The molecule has 13 aromatic rings. The largest absolute Gasteiger partial charge is 0.309 e. The molecule has 0 saturated heterocycles. The third-order valence-electron chi connectivity index (χ3n) is 13.1. The summed E-state index contributed by atoms with van der Waals surface area (Å²) in [6.07, 6.45) is 0. The maximum atomic E-state index is 2.42. The van der Waals surface area contributed by atoms with Crippen molar-refractivity contribution in [2.24, 2.45) is 0 Å². The Morgan fingerprint density at radius 1 is 0.177 bits per heavy atom. The zero-order valence-corrected chi connectivity index (χ0v) is 33.8. The first-order chi connectivity index (χ1) is 30.7. The summed E-state index contributed by atoms with van der Waals surface area (Å²) in [6, 6.07) is 85.0. The van der Waals surface area contributed by atoms with Crippen LogP contribution in [0.3, 0.4) is 0 Å². The molecule has 2 heteroatoms. The average Bonchev–Trinajstić information content (AvgIpc) is 3.86. The third kappa shape index (κ3) is 5.30. The van der Waals surface area contributed by atoms with Gasteiger partial charge in [-0.15, -0.1) is 0 Å². The number of rotatable bonds is 5. The van der Waals surface area contributed by atoms with Crippen LogP contribution in [0.2, 0.25) is 0 Å². The van der Waals surface area contributed by atoms with Crippen LogP contribution in [0, 0.1) is 0 Å². The van der Waals surface area contributed by atoms with Gasteiger partial charge in [0.15, 0.2) is 0 Å². The van der Waals surface area contributed by atoms with Crippen LogP contribution in [-0.4, -0.2) is 9.13 Å². The van der Waals surface area contributed by atoms with Gasteiger partial charge in [0, 0.05) is 32.9 Å². The van der Waals surface area contributed by atoms with E-state index >= 15 is 0 Å². The average molecular weight is 787 g/mol. The molecule has 0 atom stereocenters. The van der Waals surface area contributed by atoms with E-state index in [0.29, 0.717) is 0 Å². The summed E-state index contributed by atoms with van der Waals surface area (Å²) in [4.78, 5) is 0. The van der Waals surface area contributed by atoms with Crippen LogP contribution < -0.4 is 0 Å². The van der Waals surface area contributed by atoms with Gasteiger partial charge in [-0.2, -0.15) is 0 Å². The molecule has 0 spiro atoms. The second-order valence-electron chi connectivity index (χ2n) is 16.5. The lowest BCUT2D eigenvalue weighted by Gasteiger charge is -2.15. The molecule has 0 radical (unpaired) electrons. The van der Waals surface area contributed by atoms with E-state index in [0.717, 1.165) is 11.4 Å². The first-order valence-electron chi connectivity index (χ1n) is 21.4. The molecule has 0 aliphatic carbocycles. The van der Waals surface area contributed by atoms with E-state index in [2.05, 4.69) is 240 Å². The molecule has 11 aromatic carbocycles. The Hall–Kier alpha value is -8.20. The summed E-state index contributed by atoms with van der Waals surface area (Å²) in [7, 11) is 0. The van der Waals surface area contributed by atoms with Crippen LogP contribution in [0.15, 0.2) is 231 Å². The fraction of sp³-hybridized carbons (Fsp3) is 0. The van der Waals surface area contributed by atoms with E-state index in [4.69, 9.17) is 0 Å². The van der Waals surface area contributed by atoms with Crippen LogP contribution in [-0.2, 0) is 0 Å². The normalized spacial score (nSPS) is 11.9. The van der Waals surface area contributed by atoms with Gasteiger partial charge >= 0.3 is 0 Å². The summed E-state index contributed by atoms with van der Waals surface area (Å²) in [5, 5.41) is 12.7. The van der Waals surface area contributed by atoms with Gasteiger partial charge in [0.1, 0.15) is 0 Å². The van der Waals surface area contributed by atoms with Gasteiger partial charge in [-0.3, -0.25) is 0 Å². The molecule has 13 rings (SSSR count). The quantitative estimate of drug-likeness (QED) is 0.154. The van der Waals surface area contributed by atoms with Crippen molar-refractivity contribution in [3.8, 4) is 44.8 Å². The summed E-state index contributed by atoms with van der Waals surface area (Å²) < 4.78 is 4.82. The molecule has 0 aliphatic heterocycles. The molecule has 2 heterocycles. The van der Waals surface area contributed by atoms with Gasteiger partial charge in [0.25, 0.3) is 0 Å². The SMILES string of the molecule is c1ccc(-n2c3ccccc3c3ccc(-c4cc(-c5ccc6c7ccccc7c7ccccc7c6c5)cc(-c5ccc6c7ccccc7n(-c7ccccc7)c6c5)c4)cc32)cc1. The first kappa shape index (κ1) is 34.6. The summed E-state index contributed by atoms with van der Waals surface area (Å²) in [6.45, 7) is 0. The molecule has 2 nitrogen and oxygen atoms in total. The highest BCUT2D eigenvalue weighted by atomic mass is 15.0. The van der Waals surface area contributed by atoms with E-state index in [9.17, 15) is 0 Å². The highest BCUT2D eigenvalue weighted by Gasteiger charge is 2.18. The zero-order valence-electron chi connectivity index (χ0n) is 33.8. The highest BCUT2D eigenvalue weighted by molar-refractivity contribution is 6.26. The van der Waals surface area contributed by atoms with E-state index < -0.39 is 0 Å². The molecule has 0 N–H and O–H groups in total. The first-order valence-corrected chi connectivity index (χ1v) is 21.4. The number of hydrogen-bond acceptors (Lipinski definition) is 0. The van der Waals surface area contributed by atoms with Crippen molar-refractivity contribution in [3.05, 3.63) is 231 Å². The van der Waals surface area contributed by atoms with Crippen LogP contribution in [0.4, 0.5) is 0 Å². The number of hydrogen-bond donors (Lipinski definition) is 0. The monoisotopic (exact) mass is 786 g/mol. The predicted molar refractivity (Wildman–Crippen MR) is 264 cm³/mol. The van der Waals surface area contributed by atoms with E-state index in [1.807, 2.05) is 0 Å². The molecular weight excluding hydrogens is 749 g/mol. The van der Waals surface area contributed by atoms with Gasteiger partial charge in [0.05, 0.1) is 22.1 Å². The van der Waals surface area contributed by atoms with E-state index in [1.165, 1.54) is 109 Å². The van der Waals surface area contributed by atoms with Crippen molar-refractivity contribution in [1.29, 1.82) is 0 Å². The Kier molecular flexibility index (Phi) is 7.64. The van der Waals surface area contributed by atoms with Gasteiger partial charge in [-0.05, 0) is 138 Å². The molecule has 62 heavy (non-hydrogen) atoms. The standard InChI is InChI=1S/C60H38N2/c1-3-15-45(16-4-1)61-57-25-13-11-23-52(57)54-31-28-40(37-59(54)61)43-33-42(39-27-30-51-49-21-8-7-19-47(49)48-20-9-10-22-50(48)56(51)36-39)34-44(35-43)41-29-32-55-53-24-12-14-26-58(53)62(60(55)38-41)46-17-5-2-6-18-46/h1-38H. The van der Waals surface area contributed by atoms with Crippen LogP contribution in [0.5, 0.6) is 0 Å². The maximum absolute atomic E-state index is 2.42. The lowest BCUT2D eigenvalue weighted by Crippen LogP contribution is -1.94. The fourth-order valence-corrected chi connectivity index (χ4v) is 10.2. The molecular formula is C60H38N2. The van der Waals surface area contributed by atoms with Crippen LogP contribution in [0.1, 0.15) is 0 Å². The Morgan fingerprint density at radius 2 is 0.484 bits per heavy atom. The molecule has 0 unspecified atom stereocenters. The predicted octanol–water partition coefficient (Wildman–Crippen LogP) is 16.3. The minimum Gasteiger partial charge on any atom is -0.309 e. The van der Waals surface area contributed by atoms with Crippen molar-refractivity contribution in [2.45, 2.75) is 0 Å². The minimum absolute atomic E-state index is 1.16. The van der Waals surface area contributed by atoms with Crippen molar-refractivity contribution in [2.75, 3.05) is 0 Å². The summed E-state index contributed by atoms with van der Waals surface area (Å²) >= 11 is 0. The molecule has 0 bridgehead atoms. The van der Waals surface area contributed by atoms with Crippen molar-refractivity contribution in [3.63, 3.8) is 0 Å². The fourth-order valence-electron chi connectivity index (χ4n) is 10.2. The summed E-state index contributed by atoms with van der Waals surface area (Å²) in [5.74, 6) is 0. The molecule has 0 amide bonds. The van der Waals surface area contributed by atoms with E-state index in [1.54, 1.807) is 0 Å². The third-order valence-corrected chi connectivity index (χ3v) is 13.1. The minimum atomic E-state index is 1.16. The lowest BCUT2D eigenvalue weighted by molar-refractivity contribution is 1.18. The maximum Gasteiger partial charge on any atom is 0.0547 e. The lowest BCUT2D eigenvalue weighted by atomic mass is 9.89. The molecule has 0 aliphatic rings. The number of para-hydroxylation sites is 4. The smallest absolute Gasteiger partial charge is 0.0547 e. The molecule has 0 saturated carbocycles. The number of benzene rings is 11. The number of fused-ring (bicyclic) bond motifs is 12. The number of aromatic nitrogens is 2. The molecule has 0 fully saturated rings. The van der Waals surface area contributed by atoms with Crippen LogP contribution in [0.25, 0.3) is 121 Å². The second-order valence-corrected chi connectivity index (χ2v) is 16.5. The Bertz CT molecular complexity index is 3700. The highest BCUT2D eigenvalue weighted by Crippen LogP contribution is 2.42. The molecule has 2 aromatic heterocycles. The second kappa shape index (κ2) is 13.7. The van der Waals surface area contributed by atoms with Gasteiger partial charge in [0.2, 0.25) is 0 Å². The van der Waals surface area contributed by atoms with E-state index in [-0.39, 0.29) is 0 Å². The van der Waals surface area contributed by atoms with Crippen LogP contribution >= 0.6 is 0 Å². The van der Waals surface area contributed by atoms with Crippen molar-refractivity contribution in [1.82, 2.24) is 9.13 Å². The van der Waals surface area contributed by atoms with Gasteiger partial charge < -0.3 is 9.13 Å². The number of nitrogens with zero attached hydrogens (tertiary/aromatic N) is 2.